The quantitative estimate of drug-likeness (QED) is 0.513. The molecule has 0 aliphatic rings. The van der Waals surface area contributed by atoms with Crippen LogP contribution in [-0.4, -0.2) is 5.11 Å². The first-order valence-corrected chi connectivity index (χ1v) is 4.21. The molecule has 14 heavy (non-hydrogen) atoms. The van der Waals surface area contributed by atoms with Crippen molar-refractivity contribution < 1.29 is 5.11 Å². The molecule has 0 radical (unpaired) electrons. The molecule has 0 aromatic carbocycles. The van der Waals surface area contributed by atoms with Gasteiger partial charge in [0.15, 0.2) is 0 Å². The predicted molar refractivity (Wildman–Crippen MR) is 63.1 cm³/mol. The second-order valence-electron chi connectivity index (χ2n) is 3.05. The minimum Gasteiger partial charge on any atom is -0.509 e. The summed E-state index contributed by atoms with van der Waals surface area (Å²) in [7, 11) is 0. The summed E-state index contributed by atoms with van der Waals surface area (Å²) in [6.07, 6.45) is 6.82. The van der Waals surface area contributed by atoms with Gasteiger partial charge in [0, 0.05) is 0 Å². The Morgan fingerprint density at radius 3 is 1.64 bits per heavy atom. The molecule has 0 spiro atoms. The smallest absolute Gasteiger partial charge is 0.108 e. The van der Waals surface area contributed by atoms with Crippen molar-refractivity contribution in [3.8, 4) is 0 Å². The van der Waals surface area contributed by atoms with Crippen molar-refractivity contribution in [1.82, 2.24) is 0 Å². The second kappa shape index (κ2) is 5.81. The average molecular weight is 188 g/mol. The van der Waals surface area contributed by atoms with Crippen LogP contribution in [0.15, 0.2) is 73.1 Å². The van der Waals surface area contributed by atoms with E-state index in [1.54, 1.807) is 6.08 Å². The Kier molecular flexibility index (Phi) is 5.08. The molecule has 0 aliphatic heterocycles. The molecule has 0 unspecified atom stereocenters. The van der Waals surface area contributed by atoms with E-state index in [4.69, 9.17) is 5.11 Å². The Morgan fingerprint density at radius 1 is 0.857 bits per heavy atom. The number of rotatable bonds is 5. The Hall–Kier alpha value is -1.76. The van der Waals surface area contributed by atoms with Crippen LogP contribution in [-0.2, 0) is 0 Å². The molecule has 1 heteroatoms. The highest BCUT2D eigenvalue weighted by Gasteiger charge is 1.91. The molecule has 0 aromatic rings. The lowest BCUT2D eigenvalue weighted by Crippen LogP contribution is -1.79. The second-order valence-corrected chi connectivity index (χ2v) is 3.05. The van der Waals surface area contributed by atoms with Gasteiger partial charge in [-0.1, -0.05) is 50.1 Å². The van der Waals surface area contributed by atoms with Crippen molar-refractivity contribution in [1.29, 1.82) is 0 Å². The summed E-state index contributed by atoms with van der Waals surface area (Å²) in [6.45, 7) is 16.6. The standard InChI is InChI=1S/C13H16O/c1-10(2)6-7-11(3)12(4)8-9-13(5)14/h6-9,14H,1,3-5H2,2H3/b7-6-,9-8-. The van der Waals surface area contributed by atoms with Crippen molar-refractivity contribution in [2.75, 3.05) is 0 Å². The summed E-state index contributed by atoms with van der Waals surface area (Å²) in [5.74, 6) is 0.00262. The van der Waals surface area contributed by atoms with E-state index in [1.165, 1.54) is 6.08 Å². The topological polar surface area (TPSA) is 20.2 Å². The van der Waals surface area contributed by atoms with Gasteiger partial charge >= 0.3 is 0 Å². The fourth-order valence-electron chi connectivity index (χ4n) is 0.654. The summed E-state index contributed by atoms with van der Waals surface area (Å²) in [6, 6.07) is 0. The largest absolute Gasteiger partial charge is 0.509 e. The molecule has 0 atom stereocenters. The van der Waals surface area contributed by atoms with Crippen LogP contribution in [0.3, 0.4) is 0 Å². The van der Waals surface area contributed by atoms with E-state index in [9.17, 15) is 0 Å². The highest BCUT2D eigenvalue weighted by atomic mass is 16.3. The molecule has 0 aliphatic carbocycles. The van der Waals surface area contributed by atoms with Gasteiger partial charge in [0.1, 0.15) is 5.76 Å². The van der Waals surface area contributed by atoms with Gasteiger partial charge < -0.3 is 5.11 Å². The van der Waals surface area contributed by atoms with Gasteiger partial charge in [-0.25, -0.2) is 0 Å². The van der Waals surface area contributed by atoms with Crippen molar-refractivity contribution in [3.05, 3.63) is 73.1 Å². The van der Waals surface area contributed by atoms with E-state index in [2.05, 4.69) is 26.3 Å². The maximum absolute atomic E-state index is 8.82. The zero-order chi connectivity index (χ0) is 11.1. The minimum atomic E-state index is 0.00262. The van der Waals surface area contributed by atoms with E-state index in [-0.39, 0.29) is 5.76 Å². The van der Waals surface area contributed by atoms with Crippen molar-refractivity contribution >= 4 is 0 Å². The fraction of sp³-hybridized carbons (Fsp3) is 0.0769. The fourth-order valence-corrected chi connectivity index (χ4v) is 0.654. The third-order valence-corrected chi connectivity index (χ3v) is 1.46. The van der Waals surface area contributed by atoms with E-state index in [0.29, 0.717) is 0 Å². The van der Waals surface area contributed by atoms with Crippen LogP contribution in [0.2, 0.25) is 0 Å². The lowest BCUT2D eigenvalue weighted by molar-refractivity contribution is 0.435. The van der Waals surface area contributed by atoms with Gasteiger partial charge in [-0.05, 0) is 24.1 Å². The summed E-state index contributed by atoms with van der Waals surface area (Å²) in [5.41, 5.74) is 2.47. The molecule has 0 saturated carbocycles. The molecule has 1 N–H and O–H groups in total. The lowest BCUT2D eigenvalue weighted by Gasteiger charge is -1.98. The molecule has 0 heterocycles. The zero-order valence-corrected chi connectivity index (χ0v) is 8.59. The predicted octanol–water partition coefficient (Wildman–Crippen LogP) is 3.86. The Bertz CT molecular complexity index is 293. The molecule has 74 valence electrons. The summed E-state index contributed by atoms with van der Waals surface area (Å²) >= 11 is 0. The zero-order valence-electron chi connectivity index (χ0n) is 8.59. The first-order valence-electron chi connectivity index (χ1n) is 4.21. The van der Waals surface area contributed by atoms with Gasteiger partial charge in [-0.15, -0.1) is 0 Å². The summed E-state index contributed by atoms with van der Waals surface area (Å²) in [4.78, 5) is 0. The van der Waals surface area contributed by atoms with Gasteiger partial charge in [-0.3, -0.25) is 0 Å². The van der Waals surface area contributed by atoms with Crippen LogP contribution < -0.4 is 0 Å². The number of aliphatic hydroxyl groups excluding tert-OH is 1. The minimum absolute atomic E-state index is 0.00262. The molecule has 1 nitrogen and oxygen atoms in total. The normalized spacial score (nSPS) is 10.6. The molecule has 0 fully saturated rings. The van der Waals surface area contributed by atoms with Crippen molar-refractivity contribution in [2.24, 2.45) is 0 Å². The molecule has 0 amide bonds. The lowest BCUT2D eigenvalue weighted by atomic mass is 10.1. The maximum atomic E-state index is 8.82. The Balaban J connectivity index is 4.35. The van der Waals surface area contributed by atoms with Crippen molar-refractivity contribution in [2.45, 2.75) is 6.92 Å². The first-order chi connectivity index (χ1) is 6.43. The average Bonchev–Trinajstić information content (AvgIpc) is 2.09. The third kappa shape index (κ3) is 5.84. The molecule has 0 bridgehead atoms. The summed E-state index contributed by atoms with van der Waals surface area (Å²) in [5, 5.41) is 8.82. The van der Waals surface area contributed by atoms with Crippen LogP contribution in [0.25, 0.3) is 0 Å². The molecule has 0 aromatic heterocycles. The van der Waals surface area contributed by atoms with E-state index < -0.39 is 0 Å². The van der Waals surface area contributed by atoms with E-state index in [0.717, 1.165) is 16.7 Å². The first kappa shape index (κ1) is 12.2. The van der Waals surface area contributed by atoms with Crippen LogP contribution in [0.4, 0.5) is 0 Å². The summed E-state index contributed by atoms with van der Waals surface area (Å²) < 4.78 is 0. The van der Waals surface area contributed by atoms with Gasteiger partial charge in [0.05, 0.1) is 0 Å². The number of hydrogen-bond acceptors (Lipinski definition) is 1. The van der Waals surface area contributed by atoms with E-state index in [1.807, 2.05) is 19.1 Å². The number of aliphatic hydroxyl groups is 1. The molecular formula is C13H16O. The monoisotopic (exact) mass is 188 g/mol. The van der Waals surface area contributed by atoms with Gasteiger partial charge in [0.25, 0.3) is 0 Å². The van der Waals surface area contributed by atoms with Crippen LogP contribution in [0, 0.1) is 0 Å². The van der Waals surface area contributed by atoms with E-state index >= 15 is 0 Å². The van der Waals surface area contributed by atoms with Crippen LogP contribution in [0.1, 0.15) is 6.92 Å². The maximum Gasteiger partial charge on any atom is 0.108 e. The van der Waals surface area contributed by atoms with Crippen LogP contribution >= 0.6 is 0 Å². The highest BCUT2D eigenvalue weighted by Crippen LogP contribution is 2.10. The highest BCUT2D eigenvalue weighted by molar-refractivity contribution is 5.44. The Labute approximate surface area is 85.8 Å². The number of allylic oxidation sites excluding steroid dienone is 7. The SMILES string of the molecule is C=C(C)/C=C\C(=C)C(=C)/C=C\C(=C)O. The van der Waals surface area contributed by atoms with Gasteiger partial charge in [-0.2, -0.15) is 0 Å². The Morgan fingerprint density at radius 2 is 1.29 bits per heavy atom. The van der Waals surface area contributed by atoms with Gasteiger partial charge in [0.2, 0.25) is 0 Å². The van der Waals surface area contributed by atoms with Crippen LogP contribution in [0.5, 0.6) is 0 Å². The number of hydrogen-bond donors (Lipinski definition) is 1. The molecule has 0 rings (SSSR count). The molecular weight excluding hydrogens is 172 g/mol. The molecule has 0 saturated heterocycles. The van der Waals surface area contributed by atoms with Crippen molar-refractivity contribution in [3.63, 3.8) is 0 Å². The third-order valence-electron chi connectivity index (χ3n) is 1.46.